The van der Waals surface area contributed by atoms with E-state index in [2.05, 4.69) is 4.98 Å². The van der Waals surface area contributed by atoms with Crippen molar-refractivity contribution in [3.8, 4) is 0 Å². The molecule has 1 saturated heterocycles. The molecular formula is C17H16F3N3O3. The lowest BCUT2D eigenvalue weighted by molar-refractivity contribution is -0.149. The predicted octanol–water partition coefficient (Wildman–Crippen LogP) is 2.22. The van der Waals surface area contributed by atoms with E-state index < -0.39 is 35.7 Å². The molecule has 0 N–H and O–H groups in total. The Morgan fingerprint density at radius 2 is 2.00 bits per heavy atom. The van der Waals surface area contributed by atoms with Gasteiger partial charge in [-0.1, -0.05) is 12.1 Å². The zero-order chi connectivity index (χ0) is 18.6. The maximum atomic E-state index is 13.6. The number of hydrogen-bond acceptors (Lipinski definition) is 5. The third-order valence-electron chi connectivity index (χ3n) is 4.87. The summed E-state index contributed by atoms with van der Waals surface area (Å²) in [6.45, 7) is 1.27. The molecule has 0 spiro atoms. The van der Waals surface area contributed by atoms with Gasteiger partial charge in [0.25, 0.3) is 5.56 Å². The fraction of sp³-hybridized carbons (Fsp3) is 0.471. The monoisotopic (exact) mass is 367 g/mol. The third-order valence-corrected chi connectivity index (χ3v) is 4.87. The first-order valence-corrected chi connectivity index (χ1v) is 8.34. The molecule has 3 atom stereocenters. The first-order chi connectivity index (χ1) is 12.3. The van der Waals surface area contributed by atoms with Crippen LogP contribution in [0, 0.1) is 0 Å². The van der Waals surface area contributed by atoms with Gasteiger partial charge in [-0.3, -0.25) is 14.6 Å². The van der Waals surface area contributed by atoms with Crippen LogP contribution in [0.3, 0.4) is 0 Å². The molecule has 26 heavy (non-hydrogen) atoms. The normalized spacial score (nSPS) is 25.1. The molecule has 0 radical (unpaired) electrons. The van der Waals surface area contributed by atoms with Crippen LogP contribution in [-0.4, -0.2) is 33.8 Å². The fourth-order valence-corrected chi connectivity index (χ4v) is 3.85. The molecule has 1 saturated carbocycles. The average Bonchev–Trinajstić information content (AvgIpc) is 3.29. The summed E-state index contributed by atoms with van der Waals surface area (Å²) in [7, 11) is 0. The number of para-hydroxylation sites is 1. The van der Waals surface area contributed by atoms with Gasteiger partial charge in [0.15, 0.2) is 0 Å². The largest absolute Gasteiger partial charge is 0.460 e. The Morgan fingerprint density at radius 3 is 2.69 bits per heavy atom. The van der Waals surface area contributed by atoms with Gasteiger partial charge in [0.05, 0.1) is 16.9 Å². The Morgan fingerprint density at radius 1 is 1.27 bits per heavy atom. The standard InChI is InChI=1S/C17H16F3N3O3/c1-9(24)26-13-8-4-7-12-14(13)22(12)23-15(25)10-5-2-3-6-11(10)21-16(23)17(18,19)20/h2-3,5-6,12-14H,4,7-8H2,1H3/t12-,13-,14-,22?/m0/s1. The Kier molecular flexibility index (Phi) is 3.71. The highest BCUT2D eigenvalue weighted by Crippen LogP contribution is 2.41. The molecule has 2 aliphatic rings. The third kappa shape index (κ3) is 2.62. The van der Waals surface area contributed by atoms with E-state index in [4.69, 9.17) is 4.74 Å². The van der Waals surface area contributed by atoms with Crippen LogP contribution in [0.25, 0.3) is 10.9 Å². The summed E-state index contributed by atoms with van der Waals surface area (Å²) in [5, 5.41) is 1.48. The number of rotatable bonds is 2. The number of carbonyl (C=O) groups excluding carboxylic acids is 1. The number of fused-ring (bicyclic) bond motifs is 2. The SMILES string of the molecule is CC(=O)O[C@H]1CCC[C@H]2[C@@H]1N2n1c(C(F)(F)F)nc2ccccc2c1=O. The second-order valence-electron chi connectivity index (χ2n) is 6.58. The van der Waals surface area contributed by atoms with Crippen molar-refractivity contribution in [2.24, 2.45) is 0 Å². The van der Waals surface area contributed by atoms with Gasteiger partial charge in [0.2, 0.25) is 5.82 Å². The van der Waals surface area contributed by atoms with Crippen LogP contribution in [0.4, 0.5) is 13.2 Å². The molecule has 1 aromatic carbocycles. The highest BCUT2D eigenvalue weighted by molar-refractivity contribution is 5.77. The van der Waals surface area contributed by atoms with Crippen molar-refractivity contribution < 1.29 is 22.7 Å². The summed E-state index contributed by atoms with van der Waals surface area (Å²) >= 11 is 0. The highest BCUT2D eigenvalue weighted by Gasteiger charge is 2.58. The summed E-state index contributed by atoms with van der Waals surface area (Å²) in [4.78, 5) is 27.8. The molecule has 2 aromatic rings. The van der Waals surface area contributed by atoms with Gasteiger partial charge in [0.1, 0.15) is 12.1 Å². The van der Waals surface area contributed by atoms with Crippen molar-refractivity contribution in [2.75, 3.05) is 5.01 Å². The minimum atomic E-state index is -4.79. The van der Waals surface area contributed by atoms with Crippen LogP contribution in [0.1, 0.15) is 32.0 Å². The van der Waals surface area contributed by atoms with Crippen LogP contribution in [-0.2, 0) is 15.7 Å². The van der Waals surface area contributed by atoms with E-state index in [1.165, 1.54) is 30.1 Å². The van der Waals surface area contributed by atoms with Gasteiger partial charge in [0, 0.05) is 6.92 Å². The van der Waals surface area contributed by atoms with Crippen molar-refractivity contribution in [3.63, 3.8) is 0 Å². The van der Waals surface area contributed by atoms with Crippen molar-refractivity contribution in [1.29, 1.82) is 0 Å². The van der Waals surface area contributed by atoms with Crippen LogP contribution in [0.15, 0.2) is 29.1 Å². The molecule has 1 aromatic heterocycles. The summed E-state index contributed by atoms with van der Waals surface area (Å²) in [5.41, 5.74) is -0.763. The zero-order valence-corrected chi connectivity index (χ0v) is 13.9. The molecule has 0 bridgehead atoms. The van der Waals surface area contributed by atoms with Gasteiger partial charge in [-0.15, -0.1) is 0 Å². The van der Waals surface area contributed by atoms with Gasteiger partial charge in [-0.25, -0.2) is 4.98 Å². The number of benzene rings is 1. The lowest BCUT2D eigenvalue weighted by Gasteiger charge is -2.20. The number of aromatic nitrogens is 2. The van der Waals surface area contributed by atoms with E-state index in [1.54, 1.807) is 6.07 Å². The molecule has 9 heteroatoms. The predicted molar refractivity (Wildman–Crippen MR) is 86.2 cm³/mol. The lowest BCUT2D eigenvalue weighted by atomic mass is 9.98. The minimum Gasteiger partial charge on any atom is -0.460 e. The molecular weight excluding hydrogens is 351 g/mol. The molecule has 2 fully saturated rings. The number of halogens is 3. The van der Waals surface area contributed by atoms with Gasteiger partial charge in [-0.05, 0) is 31.4 Å². The second-order valence-corrected chi connectivity index (χ2v) is 6.58. The number of ether oxygens (including phenoxy) is 1. The van der Waals surface area contributed by atoms with Crippen molar-refractivity contribution in [2.45, 2.75) is 50.6 Å². The first-order valence-electron chi connectivity index (χ1n) is 8.34. The Balaban J connectivity index is 1.85. The molecule has 1 aliphatic carbocycles. The minimum absolute atomic E-state index is 0.00225. The van der Waals surface area contributed by atoms with Crippen LogP contribution in [0.2, 0.25) is 0 Å². The molecule has 138 valence electrons. The highest BCUT2D eigenvalue weighted by atomic mass is 19.4. The van der Waals surface area contributed by atoms with E-state index in [9.17, 15) is 22.8 Å². The summed E-state index contributed by atoms with van der Waals surface area (Å²) in [5.74, 6) is -1.74. The average molecular weight is 367 g/mol. The van der Waals surface area contributed by atoms with E-state index in [-0.39, 0.29) is 16.9 Å². The number of hydrogen-bond donors (Lipinski definition) is 0. The molecule has 6 nitrogen and oxygen atoms in total. The van der Waals surface area contributed by atoms with E-state index in [0.29, 0.717) is 23.9 Å². The van der Waals surface area contributed by atoms with Crippen LogP contribution < -0.4 is 10.6 Å². The quantitative estimate of drug-likeness (QED) is 0.602. The Hall–Kier alpha value is -2.58. The number of nitrogens with zero attached hydrogens (tertiary/aromatic N) is 3. The summed E-state index contributed by atoms with van der Waals surface area (Å²) in [6.07, 6.45) is -3.39. The molecule has 1 aliphatic heterocycles. The zero-order valence-electron chi connectivity index (χ0n) is 13.9. The van der Waals surface area contributed by atoms with E-state index in [1.807, 2.05) is 0 Å². The van der Waals surface area contributed by atoms with Crippen LogP contribution >= 0.6 is 0 Å². The smallest absolute Gasteiger partial charge is 0.451 e. The Labute approximate surface area is 146 Å². The van der Waals surface area contributed by atoms with Crippen molar-refractivity contribution >= 4 is 16.9 Å². The van der Waals surface area contributed by atoms with Crippen molar-refractivity contribution in [3.05, 3.63) is 40.4 Å². The summed E-state index contributed by atoms with van der Waals surface area (Å²) in [6, 6.07) is 5.25. The number of alkyl halides is 3. The topological polar surface area (TPSA) is 64.2 Å². The maximum absolute atomic E-state index is 13.6. The van der Waals surface area contributed by atoms with Gasteiger partial charge in [-0.2, -0.15) is 17.8 Å². The first kappa shape index (κ1) is 16.9. The summed E-state index contributed by atoms with van der Waals surface area (Å²) < 4.78 is 46.7. The number of esters is 1. The fourth-order valence-electron chi connectivity index (χ4n) is 3.85. The molecule has 0 amide bonds. The maximum Gasteiger partial charge on any atom is 0.451 e. The van der Waals surface area contributed by atoms with E-state index in [0.717, 1.165) is 0 Å². The Bertz CT molecular complexity index is 940. The number of carbonyl (C=O) groups is 1. The van der Waals surface area contributed by atoms with E-state index >= 15 is 0 Å². The lowest BCUT2D eigenvalue weighted by Crippen LogP contribution is -2.39. The second kappa shape index (κ2) is 5.72. The van der Waals surface area contributed by atoms with Gasteiger partial charge >= 0.3 is 12.1 Å². The van der Waals surface area contributed by atoms with Crippen molar-refractivity contribution in [1.82, 2.24) is 9.66 Å². The molecule has 2 heterocycles. The molecule has 0 unspecified atom stereocenters. The molecule has 4 rings (SSSR count). The van der Waals surface area contributed by atoms with Crippen LogP contribution in [0.5, 0.6) is 0 Å². The van der Waals surface area contributed by atoms with Gasteiger partial charge < -0.3 is 4.74 Å².